The number of hydrogen-bond acceptors (Lipinski definition) is 6. The Kier molecular flexibility index (Phi) is 4.83. The molecule has 2 rings (SSSR count). The van der Waals surface area contributed by atoms with E-state index >= 15 is 0 Å². The zero-order valence-corrected chi connectivity index (χ0v) is 12.6. The molecule has 118 valence electrons. The average Bonchev–Trinajstić information content (AvgIpc) is 2.93. The highest BCUT2D eigenvalue weighted by molar-refractivity contribution is 5.71. The number of nitrogens with two attached hydrogens (primary N) is 1. The number of carbonyl (C=O) groups is 1. The van der Waals surface area contributed by atoms with E-state index in [1.165, 1.54) is 10.8 Å². The molecule has 0 amide bonds. The van der Waals surface area contributed by atoms with Gasteiger partial charge in [0.05, 0.1) is 17.6 Å². The molecule has 0 bridgehead atoms. The molecule has 1 saturated heterocycles. The number of ether oxygens (including phenoxy) is 2. The summed E-state index contributed by atoms with van der Waals surface area (Å²) in [5.41, 5.74) is 5.40. The molecule has 0 radical (unpaired) electrons. The summed E-state index contributed by atoms with van der Waals surface area (Å²) < 4.78 is 12.2. The summed E-state index contributed by atoms with van der Waals surface area (Å²) >= 11 is 0. The molecule has 2 heterocycles. The second-order valence-electron chi connectivity index (χ2n) is 5.45. The van der Waals surface area contributed by atoms with Crippen LogP contribution in [0.4, 0.5) is 5.82 Å². The number of terminal acetylenes is 1. The van der Waals surface area contributed by atoms with E-state index in [0.29, 0.717) is 18.4 Å². The molecule has 1 aliphatic rings. The number of nitrogen functional groups attached to an aromatic ring is 1. The highest BCUT2D eigenvalue weighted by Crippen LogP contribution is 2.27. The molecule has 2 unspecified atom stereocenters. The smallest absolute Gasteiger partial charge is 0.351 e. The molecule has 22 heavy (non-hydrogen) atoms. The summed E-state index contributed by atoms with van der Waals surface area (Å²) in [4.78, 5) is 27.0. The minimum Gasteiger partial charge on any atom is -0.463 e. The second-order valence-corrected chi connectivity index (χ2v) is 5.45. The van der Waals surface area contributed by atoms with Crippen molar-refractivity contribution in [3.8, 4) is 12.3 Å². The maximum atomic E-state index is 11.9. The number of anilines is 1. The number of hydrogen-bond donors (Lipinski definition) is 1. The van der Waals surface area contributed by atoms with Crippen molar-refractivity contribution in [2.24, 2.45) is 5.92 Å². The van der Waals surface area contributed by atoms with Gasteiger partial charge in [-0.25, -0.2) is 4.79 Å². The van der Waals surface area contributed by atoms with Crippen LogP contribution in [0.5, 0.6) is 0 Å². The van der Waals surface area contributed by atoms with Gasteiger partial charge in [0, 0.05) is 6.20 Å². The number of esters is 1. The van der Waals surface area contributed by atoms with Crippen LogP contribution < -0.4 is 11.4 Å². The minimum atomic E-state index is -0.513. The topological polar surface area (TPSA) is 96.4 Å². The van der Waals surface area contributed by atoms with Crippen molar-refractivity contribution >= 4 is 11.8 Å². The van der Waals surface area contributed by atoms with Gasteiger partial charge in [0.2, 0.25) is 0 Å². The van der Waals surface area contributed by atoms with Crippen molar-refractivity contribution in [1.82, 2.24) is 9.55 Å². The van der Waals surface area contributed by atoms with Gasteiger partial charge in [-0.1, -0.05) is 19.8 Å². The van der Waals surface area contributed by atoms with Gasteiger partial charge in [-0.15, -0.1) is 6.42 Å². The van der Waals surface area contributed by atoms with E-state index in [1.807, 2.05) is 0 Å². The Morgan fingerprint density at radius 1 is 1.64 bits per heavy atom. The lowest BCUT2D eigenvalue weighted by molar-refractivity contribution is -0.152. The van der Waals surface area contributed by atoms with E-state index in [-0.39, 0.29) is 30.4 Å². The predicted octanol–water partition coefficient (Wildman–Crippen LogP) is 0.684. The zero-order chi connectivity index (χ0) is 16.3. The standard InChI is InChI=1S/C15H19N3O4/c1-4-10-7-18(15(20)17-13(10)16)12-6-5-11(22-12)8-21-14(19)9(2)3/h1,7,9,11-12H,5-6,8H2,2-3H3,(H2,16,17,20). The van der Waals surface area contributed by atoms with Crippen molar-refractivity contribution in [2.75, 3.05) is 12.3 Å². The van der Waals surface area contributed by atoms with Crippen LogP contribution in [0.3, 0.4) is 0 Å². The Balaban J connectivity index is 2.03. The molecule has 7 heteroatoms. The molecule has 7 nitrogen and oxygen atoms in total. The Morgan fingerprint density at radius 3 is 3.00 bits per heavy atom. The van der Waals surface area contributed by atoms with E-state index in [0.717, 1.165) is 0 Å². The summed E-state index contributed by atoms with van der Waals surface area (Å²) in [7, 11) is 0. The van der Waals surface area contributed by atoms with Crippen molar-refractivity contribution in [2.45, 2.75) is 39.0 Å². The van der Waals surface area contributed by atoms with Crippen molar-refractivity contribution in [3.63, 3.8) is 0 Å². The number of carbonyl (C=O) groups excluding carboxylic acids is 1. The first-order valence-electron chi connectivity index (χ1n) is 7.09. The van der Waals surface area contributed by atoms with E-state index in [1.54, 1.807) is 13.8 Å². The molecule has 0 aromatic carbocycles. The maximum Gasteiger partial charge on any atom is 0.351 e. The summed E-state index contributed by atoms with van der Waals surface area (Å²) in [6.07, 6.45) is 7.36. The fourth-order valence-electron chi connectivity index (χ4n) is 2.15. The molecule has 2 N–H and O–H groups in total. The molecule has 0 aliphatic carbocycles. The fourth-order valence-corrected chi connectivity index (χ4v) is 2.15. The lowest BCUT2D eigenvalue weighted by atomic mass is 10.2. The minimum absolute atomic E-state index is 0.0316. The van der Waals surface area contributed by atoms with Crippen molar-refractivity contribution in [3.05, 3.63) is 22.2 Å². The Morgan fingerprint density at radius 2 is 2.36 bits per heavy atom. The summed E-state index contributed by atoms with van der Waals surface area (Å²) in [6, 6.07) is 0. The first-order chi connectivity index (χ1) is 10.4. The average molecular weight is 305 g/mol. The van der Waals surface area contributed by atoms with Crippen LogP contribution in [0.15, 0.2) is 11.0 Å². The first kappa shape index (κ1) is 16.0. The molecule has 0 saturated carbocycles. The molecule has 1 aliphatic heterocycles. The fraction of sp³-hybridized carbons (Fsp3) is 0.533. The van der Waals surface area contributed by atoms with E-state index in [2.05, 4.69) is 10.9 Å². The Labute approximate surface area is 128 Å². The van der Waals surface area contributed by atoms with E-state index < -0.39 is 11.9 Å². The largest absolute Gasteiger partial charge is 0.463 e. The van der Waals surface area contributed by atoms with E-state index in [9.17, 15) is 9.59 Å². The molecule has 1 aromatic rings. The van der Waals surface area contributed by atoms with Gasteiger partial charge in [0.15, 0.2) is 0 Å². The molecule has 1 fully saturated rings. The van der Waals surface area contributed by atoms with Crippen LogP contribution >= 0.6 is 0 Å². The van der Waals surface area contributed by atoms with Crippen LogP contribution in [-0.2, 0) is 14.3 Å². The third-order valence-corrected chi connectivity index (χ3v) is 3.41. The predicted molar refractivity (Wildman–Crippen MR) is 79.8 cm³/mol. The van der Waals surface area contributed by atoms with Gasteiger partial charge in [-0.2, -0.15) is 4.98 Å². The highest BCUT2D eigenvalue weighted by Gasteiger charge is 2.29. The van der Waals surface area contributed by atoms with Gasteiger partial charge >= 0.3 is 11.7 Å². The number of nitrogens with zero attached hydrogens (tertiary/aromatic N) is 2. The summed E-state index contributed by atoms with van der Waals surface area (Å²) in [5.74, 6) is 1.96. The maximum absolute atomic E-state index is 11.9. The van der Waals surface area contributed by atoms with E-state index in [4.69, 9.17) is 21.6 Å². The molecule has 0 spiro atoms. The van der Waals surface area contributed by atoms with Gasteiger partial charge < -0.3 is 15.2 Å². The Bertz CT molecular complexity index is 660. The van der Waals surface area contributed by atoms with Crippen LogP contribution in [0, 0.1) is 18.3 Å². The molecular weight excluding hydrogens is 286 g/mol. The SMILES string of the molecule is C#Cc1cn(C2CCC(COC(=O)C(C)C)O2)c(=O)nc1N. The first-order valence-corrected chi connectivity index (χ1v) is 7.09. The van der Waals surface area contributed by atoms with Crippen LogP contribution in [0.2, 0.25) is 0 Å². The normalized spacial score (nSPS) is 20.8. The second kappa shape index (κ2) is 6.62. The lowest BCUT2D eigenvalue weighted by Crippen LogP contribution is -2.29. The van der Waals surface area contributed by atoms with Crippen LogP contribution in [0.25, 0.3) is 0 Å². The third kappa shape index (κ3) is 3.46. The van der Waals surface area contributed by atoms with Crippen LogP contribution in [-0.4, -0.2) is 28.2 Å². The van der Waals surface area contributed by atoms with Crippen LogP contribution in [0.1, 0.15) is 38.5 Å². The number of aromatic nitrogens is 2. The quantitative estimate of drug-likeness (QED) is 0.649. The molecule has 2 atom stereocenters. The number of rotatable bonds is 4. The molecule has 1 aromatic heterocycles. The van der Waals surface area contributed by atoms with Gasteiger partial charge in [-0.05, 0) is 12.8 Å². The lowest BCUT2D eigenvalue weighted by Gasteiger charge is -2.16. The van der Waals surface area contributed by atoms with Gasteiger partial charge in [0.1, 0.15) is 18.7 Å². The summed E-state index contributed by atoms with van der Waals surface area (Å²) in [5, 5.41) is 0. The van der Waals surface area contributed by atoms with Gasteiger partial charge in [0.25, 0.3) is 0 Å². The molecular formula is C15H19N3O4. The Hall–Kier alpha value is -2.33. The van der Waals surface area contributed by atoms with Crippen molar-refractivity contribution in [1.29, 1.82) is 0 Å². The summed E-state index contributed by atoms with van der Waals surface area (Å²) in [6.45, 7) is 3.70. The zero-order valence-electron chi connectivity index (χ0n) is 12.6. The van der Waals surface area contributed by atoms with Gasteiger partial charge in [-0.3, -0.25) is 9.36 Å². The monoisotopic (exact) mass is 305 g/mol. The highest BCUT2D eigenvalue weighted by atomic mass is 16.6. The van der Waals surface area contributed by atoms with Crippen molar-refractivity contribution < 1.29 is 14.3 Å². The third-order valence-electron chi connectivity index (χ3n) is 3.41.